The fourth-order valence-electron chi connectivity index (χ4n) is 3.26. The molecule has 2 fully saturated rings. The zero-order valence-corrected chi connectivity index (χ0v) is 12.0. The van der Waals surface area contributed by atoms with Gasteiger partial charge in [0, 0.05) is 29.3 Å². The Bertz CT molecular complexity index is 451. The Morgan fingerprint density at radius 3 is 2.53 bits per heavy atom. The van der Waals surface area contributed by atoms with Crippen LogP contribution in [-0.4, -0.2) is 26.3 Å². The third-order valence-electron chi connectivity index (χ3n) is 4.34. The van der Waals surface area contributed by atoms with Crippen LogP contribution in [0.3, 0.4) is 0 Å². The summed E-state index contributed by atoms with van der Waals surface area (Å²) < 4.78 is 5.44. The van der Waals surface area contributed by atoms with Crippen molar-refractivity contribution in [3.8, 4) is 0 Å². The summed E-state index contributed by atoms with van der Waals surface area (Å²) >= 11 is 6.20. The Kier molecular flexibility index (Phi) is 3.70. The summed E-state index contributed by atoms with van der Waals surface area (Å²) in [7, 11) is 0. The molecule has 0 bridgehead atoms. The number of anilines is 1. The van der Waals surface area contributed by atoms with Gasteiger partial charge in [-0.1, -0.05) is 24.4 Å². The molecular formula is C15H21ClN2O. The number of ether oxygens (including phenoxy) is 1. The van der Waals surface area contributed by atoms with E-state index < -0.39 is 0 Å². The zero-order chi connectivity index (χ0) is 13.3. The first-order valence-corrected chi connectivity index (χ1v) is 7.48. The fraction of sp³-hybridized carbons (Fsp3) is 0.600. The number of benzene rings is 1. The Hall–Kier alpha value is -0.770. The third kappa shape index (κ3) is 2.60. The molecule has 1 aromatic rings. The van der Waals surface area contributed by atoms with Crippen LogP contribution in [-0.2, 0) is 10.3 Å². The molecule has 3 nitrogen and oxygen atoms in total. The molecule has 1 heterocycles. The van der Waals surface area contributed by atoms with Crippen molar-refractivity contribution in [1.82, 2.24) is 0 Å². The van der Waals surface area contributed by atoms with E-state index in [0.29, 0.717) is 0 Å². The summed E-state index contributed by atoms with van der Waals surface area (Å²) in [6.45, 7) is 3.45. The molecule has 0 unspecified atom stereocenters. The maximum absolute atomic E-state index is 6.64. The van der Waals surface area contributed by atoms with Gasteiger partial charge in [-0.3, -0.25) is 0 Å². The minimum atomic E-state index is -0.196. The lowest BCUT2D eigenvalue weighted by Gasteiger charge is -2.35. The molecule has 0 spiro atoms. The fourth-order valence-corrected chi connectivity index (χ4v) is 3.43. The maximum Gasteiger partial charge on any atom is 0.0642 e. The Labute approximate surface area is 119 Å². The van der Waals surface area contributed by atoms with E-state index in [-0.39, 0.29) is 5.54 Å². The quantitative estimate of drug-likeness (QED) is 0.905. The normalized spacial score (nSPS) is 22.7. The lowest BCUT2D eigenvalue weighted by molar-refractivity contribution is 0.122. The highest BCUT2D eigenvalue weighted by atomic mass is 35.5. The lowest BCUT2D eigenvalue weighted by Crippen LogP contribution is -2.40. The van der Waals surface area contributed by atoms with Gasteiger partial charge in [-0.2, -0.15) is 0 Å². The monoisotopic (exact) mass is 280 g/mol. The van der Waals surface area contributed by atoms with Gasteiger partial charge in [0.2, 0.25) is 0 Å². The van der Waals surface area contributed by atoms with E-state index in [1.807, 2.05) is 6.07 Å². The number of hydrogen-bond donors (Lipinski definition) is 1. The summed E-state index contributed by atoms with van der Waals surface area (Å²) in [6, 6.07) is 6.15. The highest BCUT2D eigenvalue weighted by molar-refractivity contribution is 6.30. The van der Waals surface area contributed by atoms with Gasteiger partial charge in [-0.15, -0.1) is 0 Å². The van der Waals surface area contributed by atoms with Crippen LogP contribution in [0.5, 0.6) is 0 Å². The topological polar surface area (TPSA) is 38.5 Å². The second-order valence-corrected chi connectivity index (χ2v) is 6.06. The number of halogens is 1. The molecule has 0 atom stereocenters. The van der Waals surface area contributed by atoms with Crippen LogP contribution >= 0.6 is 11.6 Å². The number of nitrogens with zero attached hydrogens (tertiary/aromatic N) is 1. The number of hydrogen-bond acceptors (Lipinski definition) is 3. The van der Waals surface area contributed by atoms with Crippen molar-refractivity contribution in [1.29, 1.82) is 0 Å². The zero-order valence-electron chi connectivity index (χ0n) is 11.2. The smallest absolute Gasteiger partial charge is 0.0642 e. The average molecular weight is 281 g/mol. The van der Waals surface area contributed by atoms with E-state index in [4.69, 9.17) is 22.1 Å². The molecule has 0 amide bonds. The molecule has 0 radical (unpaired) electrons. The second-order valence-electron chi connectivity index (χ2n) is 5.62. The van der Waals surface area contributed by atoms with Crippen molar-refractivity contribution < 1.29 is 4.74 Å². The van der Waals surface area contributed by atoms with Gasteiger partial charge in [0.25, 0.3) is 0 Å². The van der Waals surface area contributed by atoms with Crippen molar-refractivity contribution in [3.05, 3.63) is 28.8 Å². The Balaban J connectivity index is 1.98. The van der Waals surface area contributed by atoms with Gasteiger partial charge < -0.3 is 15.4 Å². The van der Waals surface area contributed by atoms with E-state index in [0.717, 1.165) is 44.2 Å². The Morgan fingerprint density at radius 2 is 1.84 bits per heavy atom. The van der Waals surface area contributed by atoms with Crippen molar-refractivity contribution in [2.24, 2.45) is 5.73 Å². The summed E-state index contributed by atoms with van der Waals surface area (Å²) in [6.07, 6.45) is 4.55. The molecule has 4 heteroatoms. The highest BCUT2D eigenvalue weighted by Gasteiger charge is 2.34. The average Bonchev–Trinajstić information content (AvgIpc) is 2.88. The maximum atomic E-state index is 6.64. The van der Waals surface area contributed by atoms with Gasteiger partial charge in [-0.25, -0.2) is 0 Å². The van der Waals surface area contributed by atoms with Crippen molar-refractivity contribution >= 4 is 17.3 Å². The van der Waals surface area contributed by atoms with Crippen LogP contribution < -0.4 is 10.6 Å². The molecule has 0 aromatic heterocycles. The molecule has 1 aliphatic heterocycles. The number of nitrogens with two attached hydrogens (primary N) is 1. The van der Waals surface area contributed by atoms with Crippen LogP contribution in [0.15, 0.2) is 18.2 Å². The first-order chi connectivity index (χ1) is 9.19. The van der Waals surface area contributed by atoms with Crippen molar-refractivity contribution in [2.75, 3.05) is 31.2 Å². The van der Waals surface area contributed by atoms with Gasteiger partial charge in [-0.05, 0) is 36.6 Å². The largest absolute Gasteiger partial charge is 0.378 e. The molecule has 104 valence electrons. The van der Waals surface area contributed by atoms with Gasteiger partial charge in [0.15, 0.2) is 0 Å². The minimum absolute atomic E-state index is 0.196. The van der Waals surface area contributed by atoms with Crippen LogP contribution in [0.2, 0.25) is 5.02 Å². The summed E-state index contributed by atoms with van der Waals surface area (Å²) in [5.74, 6) is 0. The van der Waals surface area contributed by atoms with Crippen LogP contribution in [0.25, 0.3) is 0 Å². The predicted molar refractivity (Wildman–Crippen MR) is 78.8 cm³/mol. The van der Waals surface area contributed by atoms with Crippen LogP contribution in [0.1, 0.15) is 31.2 Å². The SMILES string of the molecule is NC1(c2cc(Cl)ccc2N2CCOCC2)CCCC1. The third-order valence-corrected chi connectivity index (χ3v) is 4.58. The van der Waals surface area contributed by atoms with E-state index in [1.54, 1.807) is 0 Å². The van der Waals surface area contributed by atoms with Crippen LogP contribution in [0.4, 0.5) is 5.69 Å². The number of rotatable bonds is 2. The second kappa shape index (κ2) is 5.31. The molecule has 3 rings (SSSR count). The lowest BCUT2D eigenvalue weighted by atomic mass is 9.87. The van der Waals surface area contributed by atoms with E-state index >= 15 is 0 Å². The number of morpholine rings is 1. The molecule has 1 saturated carbocycles. The van der Waals surface area contributed by atoms with E-state index in [1.165, 1.54) is 24.1 Å². The Morgan fingerprint density at radius 1 is 1.16 bits per heavy atom. The standard InChI is InChI=1S/C15H21ClN2O/c16-12-3-4-14(18-7-9-19-10-8-18)13(11-12)15(17)5-1-2-6-15/h3-4,11H,1-2,5-10,17H2. The van der Waals surface area contributed by atoms with Crippen molar-refractivity contribution in [2.45, 2.75) is 31.2 Å². The minimum Gasteiger partial charge on any atom is -0.378 e. The molecule has 2 aliphatic rings. The van der Waals surface area contributed by atoms with E-state index in [2.05, 4.69) is 17.0 Å². The van der Waals surface area contributed by atoms with Crippen molar-refractivity contribution in [3.63, 3.8) is 0 Å². The van der Waals surface area contributed by atoms with E-state index in [9.17, 15) is 0 Å². The molecular weight excluding hydrogens is 260 g/mol. The first-order valence-electron chi connectivity index (χ1n) is 7.11. The predicted octanol–water partition coefficient (Wildman–Crippen LogP) is 2.90. The first kappa shape index (κ1) is 13.2. The molecule has 2 N–H and O–H groups in total. The van der Waals surface area contributed by atoms with Crippen LogP contribution in [0, 0.1) is 0 Å². The van der Waals surface area contributed by atoms with Gasteiger partial charge in [0.05, 0.1) is 13.2 Å². The molecule has 1 aliphatic carbocycles. The molecule has 19 heavy (non-hydrogen) atoms. The summed E-state index contributed by atoms with van der Waals surface area (Å²) in [4.78, 5) is 2.38. The van der Waals surface area contributed by atoms with Gasteiger partial charge in [0.1, 0.15) is 0 Å². The summed E-state index contributed by atoms with van der Waals surface area (Å²) in [5, 5.41) is 0.781. The molecule has 1 aromatic carbocycles. The van der Waals surface area contributed by atoms with Gasteiger partial charge >= 0.3 is 0 Å². The molecule has 1 saturated heterocycles. The summed E-state index contributed by atoms with van der Waals surface area (Å²) in [5.41, 5.74) is 8.91. The highest BCUT2D eigenvalue weighted by Crippen LogP contribution is 2.42.